The van der Waals surface area contributed by atoms with Crippen LogP contribution in [0.3, 0.4) is 0 Å². The van der Waals surface area contributed by atoms with Gasteiger partial charge < -0.3 is 28.4 Å². The third-order valence-electron chi connectivity index (χ3n) is 6.53. The summed E-state index contributed by atoms with van der Waals surface area (Å²) < 4.78 is 31.4. The van der Waals surface area contributed by atoms with E-state index in [1.54, 1.807) is 0 Å². The van der Waals surface area contributed by atoms with Crippen molar-refractivity contribution in [2.75, 3.05) is 41.7 Å². The molecule has 0 bridgehead atoms. The first kappa shape index (κ1) is 40.0. The van der Waals surface area contributed by atoms with Crippen LogP contribution >= 0.6 is 31.9 Å². The molecule has 2 aromatic rings. The zero-order valence-corrected chi connectivity index (χ0v) is 30.0. The molecule has 0 saturated carbocycles. The van der Waals surface area contributed by atoms with E-state index in [2.05, 4.69) is 62.0 Å². The molecule has 0 aliphatic heterocycles. The first-order chi connectivity index (χ1) is 23.0. The van der Waals surface area contributed by atoms with Crippen molar-refractivity contribution in [2.45, 2.75) is 64.5 Å². The van der Waals surface area contributed by atoms with Crippen LogP contribution in [0.25, 0.3) is 0 Å². The zero-order valence-electron chi connectivity index (χ0n) is 26.8. The predicted octanol–water partition coefficient (Wildman–Crippen LogP) is 2.92. The van der Waals surface area contributed by atoms with Crippen LogP contribution in [0.2, 0.25) is 0 Å². The van der Waals surface area contributed by atoms with Crippen LogP contribution in [0.4, 0.5) is 0 Å². The molecule has 0 aliphatic rings. The fraction of sp³-hybridized carbons (Fsp3) is 0.571. The summed E-state index contributed by atoms with van der Waals surface area (Å²) in [5, 5.41) is 15.1. The number of carbonyl (C=O) groups excluding carboxylic acids is 6. The summed E-state index contributed by atoms with van der Waals surface area (Å²) >= 11 is 6.14. The molecule has 0 atom stereocenters. The molecule has 0 amide bonds. The van der Waals surface area contributed by atoms with Crippen LogP contribution in [0.15, 0.2) is 8.96 Å². The van der Waals surface area contributed by atoms with Gasteiger partial charge in [0.25, 0.3) is 0 Å². The van der Waals surface area contributed by atoms with Crippen LogP contribution in [-0.4, -0.2) is 107 Å². The Hall–Kier alpha value is -4.20. The van der Waals surface area contributed by atoms with Crippen LogP contribution in [-0.2, 0) is 51.1 Å². The van der Waals surface area contributed by atoms with Gasteiger partial charge in [-0.25, -0.2) is 38.1 Å². The van der Waals surface area contributed by atoms with Crippen molar-refractivity contribution in [3.63, 3.8) is 0 Å². The highest BCUT2D eigenvalue weighted by atomic mass is 79.9. The van der Waals surface area contributed by atoms with Crippen molar-refractivity contribution < 1.29 is 57.2 Å². The second-order valence-electron chi connectivity index (χ2n) is 9.71. The predicted molar refractivity (Wildman–Crippen MR) is 169 cm³/mol. The highest BCUT2D eigenvalue weighted by Crippen LogP contribution is 2.21. The van der Waals surface area contributed by atoms with Gasteiger partial charge in [0.2, 0.25) is 11.4 Å². The van der Waals surface area contributed by atoms with Gasteiger partial charge in [-0.2, -0.15) is 0 Å². The lowest BCUT2D eigenvalue weighted by Crippen LogP contribution is -2.16. The standard InChI is InChI=1S/C28H36Br2N6O12/c1-43-25(39)19-21(27(41)45-3)35(33-31-19)13-9-5-7-11-15-47-23(37)17(29)18(30)24(38)48-16-12-8-6-10-14-36-22(28(42)46-4)20(32-34-36)26(40)44-2/h5-16H2,1-4H3/b18-17+. The van der Waals surface area contributed by atoms with Crippen LogP contribution < -0.4 is 0 Å². The van der Waals surface area contributed by atoms with E-state index in [4.69, 9.17) is 18.9 Å². The van der Waals surface area contributed by atoms with E-state index in [-0.39, 0.29) is 45.0 Å². The lowest BCUT2D eigenvalue weighted by molar-refractivity contribution is -0.141. The Kier molecular flexibility index (Phi) is 17.4. The molecule has 2 heterocycles. The SMILES string of the molecule is COC(=O)c1nnn(CCCCCCOC(=O)/C(Br)=C(\Br)C(=O)OCCCCCCn2nnc(C(=O)OC)c2C(=O)OC)c1C(=O)OC. The molecule has 0 aromatic carbocycles. The van der Waals surface area contributed by atoms with Crippen LogP contribution in [0.5, 0.6) is 0 Å². The Morgan fingerprint density at radius 2 is 0.854 bits per heavy atom. The number of rotatable bonds is 20. The number of ether oxygens (including phenoxy) is 6. The van der Waals surface area contributed by atoms with Gasteiger partial charge in [-0.15, -0.1) is 10.2 Å². The van der Waals surface area contributed by atoms with Crippen molar-refractivity contribution in [1.82, 2.24) is 30.0 Å². The molecular weight excluding hydrogens is 772 g/mol. The molecule has 2 rings (SSSR count). The molecule has 264 valence electrons. The Labute approximate surface area is 292 Å². The van der Waals surface area contributed by atoms with Crippen molar-refractivity contribution in [3.05, 3.63) is 31.7 Å². The molecule has 0 saturated heterocycles. The van der Waals surface area contributed by atoms with Crippen LogP contribution in [0, 0.1) is 0 Å². The quantitative estimate of drug-likeness (QED) is 0.0813. The lowest BCUT2D eigenvalue weighted by atomic mass is 10.2. The van der Waals surface area contributed by atoms with Gasteiger partial charge in [-0.1, -0.05) is 23.3 Å². The normalized spacial score (nSPS) is 11.3. The molecule has 48 heavy (non-hydrogen) atoms. The molecule has 0 radical (unpaired) electrons. The number of methoxy groups -OCH3 is 4. The van der Waals surface area contributed by atoms with E-state index in [1.807, 2.05) is 0 Å². The smallest absolute Gasteiger partial charge is 0.361 e. The van der Waals surface area contributed by atoms with E-state index in [0.29, 0.717) is 64.5 Å². The van der Waals surface area contributed by atoms with Crippen molar-refractivity contribution >= 4 is 67.7 Å². The third-order valence-corrected chi connectivity index (χ3v) is 8.50. The lowest BCUT2D eigenvalue weighted by Gasteiger charge is -2.08. The van der Waals surface area contributed by atoms with Crippen molar-refractivity contribution in [3.8, 4) is 0 Å². The van der Waals surface area contributed by atoms with E-state index in [0.717, 1.165) is 0 Å². The molecule has 0 fully saturated rings. The number of aromatic nitrogens is 6. The molecule has 0 unspecified atom stereocenters. The number of unbranched alkanes of at least 4 members (excludes halogenated alkanes) is 6. The average molecular weight is 808 g/mol. The van der Waals surface area contributed by atoms with Gasteiger partial charge in [0.1, 0.15) is 8.96 Å². The Morgan fingerprint density at radius 3 is 1.19 bits per heavy atom. The highest BCUT2D eigenvalue weighted by Gasteiger charge is 2.28. The number of carbonyl (C=O) groups is 6. The maximum atomic E-state index is 12.4. The molecular formula is C28H36Br2N6O12. The van der Waals surface area contributed by atoms with Gasteiger partial charge in [-0.05, 0) is 70.4 Å². The number of hydrogen-bond acceptors (Lipinski definition) is 16. The zero-order chi connectivity index (χ0) is 35.6. The fourth-order valence-corrected chi connectivity index (χ4v) is 4.63. The largest absolute Gasteiger partial charge is 0.464 e. The van der Waals surface area contributed by atoms with E-state index in [1.165, 1.54) is 37.8 Å². The number of nitrogens with zero attached hydrogens (tertiary/aromatic N) is 6. The molecule has 18 nitrogen and oxygen atoms in total. The molecule has 0 aliphatic carbocycles. The first-order valence-electron chi connectivity index (χ1n) is 14.6. The maximum absolute atomic E-state index is 12.4. The topological polar surface area (TPSA) is 219 Å². The summed E-state index contributed by atoms with van der Waals surface area (Å²) in [5.41, 5.74) is -0.630. The second kappa shape index (κ2) is 20.9. The summed E-state index contributed by atoms with van der Waals surface area (Å²) in [4.78, 5) is 72.5. The van der Waals surface area contributed by atoms with Crippen molar-refractivity contribution in [1.29, 1.82) is 0 Å². The minimum atomic E-state index is -0.798. The van der Waals surface area contributed by atoms with Gasteiger partial charge in [0, 0.05) is 13.1 Å². The fourth-order valence-electron chi connectivity index (χ4n) is 4.07. The van der Waals surface area contributed by atoms with Crippen molar-refractivity contribution in [2.24, 2.45) is 0 Å². The monoisotopic (exact) mass is 806 g/mol. The van der Waals surface area contributed by atoms with Crippen LogP contribution in [0.1, 0.15) is 93.3 Å². The summed E-state index contributed by atoms with van der Waals surface area (Å²) in [5.74, 6) is -4.59. The summed E-state index contributed by atoms with van der Waals surface area (Å²) in [6.07, 6.45) is 5.03. The molecule has 20 heteroatoms. The number of esters is 6. The summed E-state index contributed by atoms with van der Waals surface area (Å²) in [6, 6.07) is 0. The van der Waals surface area contributed by atoms with E-state index < -0.39 is 35.8 Å². The number of hydrogen-bond donors (Lipinski definition) is 0. The summed E-state index contributed by atoms with van der Waals surface area (Å²) in [6.45, 7) is 0.813. The number of aryl methyl sites for hydroxylation is 2. The Balaban J connectivity index is 1.66. The second-order valence-corrected chi connectivity index (χ2v) is 11.3. The van der Waals surface area contributed by atoms with Gasteiger partial charge in [0.05, 0.1) is 41.7 Å². The maximum Gasteiger partial charge on any atom is 0.361 e. The Morgan fingerprint density at radius 1 is 0.521 bits per heavy atom. The highest BCUT2D eigenvalue weighted by molar-refractivity contribution is 9.14. The molecule has 2 aromatic heterocycles. The van der Waals surface area contributed by atoms with Gasteiger partial charge in [0.15, 0.2) is 11.4 Å². The molecule has 0 N–H and O–H groups in total. The van der Waals surface area contributed by atoms with Gasteiger partial charge >= 0.3 is 35.8 Å². The number of halogens is 2. The molecule has 0 spiro atoms. The summed E-state index contributed by atoms with van der Waals surface area (Å²) in [7, 11) is 4.70. The van der Waals surface area contributed by atoms with Gasteiger partial charge in [-0.3, -0.25) is 0 Å². The Bertz CT molecular complexity index is 1380. The first-order valence-corrected chi connectivity index (χ1v) is 16.2. The minimum absolute atomic E-state index is 0.0899. The van der Waals surface area contributed by atoms with E-state index >= 15 is 0 Å². The minimum Gasteiger partial charge on any atom is -0.464 e. The third kappa shape index (κ3) is 11.5. The average Bonchev–Trinajstić information content (AvgIpc) is 3.73. The van der Waals surface area contributed by atoms with E-state index in [9.17, 15) is 28.8 Å².